The maximum Gasteiger partial charge on any atom is 0.118 e. The van der Waals surface area contributed by atoms with E-state index in [1.807, 2.05) is 60.8 Å². The lowest BCUT2D eigenvalue weighted by Gasteiger charge is -2.10. The second-order valence-corrected chi connectivity index (χ2v) is 7.48. The van der Waals surface area contributed by atoms with E-state index in [2.05, 4.69) is 30.3 Å². The molecule has 0 unspecified atom stereocenters. The Kier molecular flexibility index (Phi) is 5.82. The van der Waals surface area contributed by atoms with E-state index in [-0.39, 0.29) is 0 Å². The van der Waals surface area contributed by atoms with Crippen molar-refractivity contribution < 1.29 is 9.47 Å². The molecule has 3 aromatic rings. The average Bonchev–Trinajstić information content (AvgIpc) is 3.03. The van der Waals surface area contributed by atoms with Gasteiger partial charge < -0.3 is 9.47 Å². The molecule has 0 N–H and O–H groups in total. The Labute approximate surface area is 175 Å². The fourth-order valence-electron chi connectivity index (χ4n) is 3.02. The second-order valence-electron chi connectivity index (χ2n) is 6.45. The molecule has 0 radical (unpaired) electrons. The fourth-order valence-corrected chi connectivity index (χ4v) is 4.03. The molecule has 29 heavy (non-hydrogen) atoms. The van der Waals surface area contributed by atoms with Crippen molar-refractivity contribution in [2.45, 2.75) is 0 Å². The van der Waals surface area contributed by atoms with Crippen LogP contribution < -0.4 is 9.47 Å². The number of rotatable bonds is 5. The van der Waals surface area contributed by atoms with Crippen molar-refractivity contribution in [1.29, 1.82) is 0 Å². The second kappa shape index (κ2) is 8.84. The van der Waals surface area contributed by atoms with E-state index >= 15 is 0 Å². The summed E-state index contributed by atoms with van der Waals surface area (Å²) in [6.07, 6.45) is 4.14. The van der Waals surface area contributed by atoms with Gasteiger partial charge in [0.05, 0.1) is 14.2 Å². The number of thioether (sulfide) groups is 1. The van der Waals surface area contributed by atoms with E-state index in [1.54, 1.807) is 26.0 Å². The Morgan fingerprint density at radius 3 is 1.83 bits per heavy atom. The first-order valence-electron chi connectivity index (χ1n) is 9.28. The SMILES string of the molecule is COc1ccc(C2=CC(c3ccccc3)=CN=C(c3ccc(OC)cc3)S2)cc1. The summed E-state index contributed by atoms with van der Waals surface area (Å²) in [5.74, 6) is 1.68. The van der Waals surface area contributed by atoms with Gasteiger partial charge in [0.2, 0.25) is 0 Å². The molecule has 0 amide bonds. The zero-order valence-corrected chi connectivity index (χ0v) is 17.1. The largest absolute Gasteiger partial charge is 0.497 e. The minimum atomic E-state index is 0.833. The molecule has 4 heteroatoms. The molecule has 0 aliphatic carbocycles. The minimum Gasteiger partial charge on any atom is -0.497 e. The van der Waals surface area contributed by atoms with Gasteiger partial charge in [0.1, 0.15) is 16.5 Å². The van der Waals surface area contributed by atoms with Gasteiger partial charge in [-0.25, -0.2) is 4.99 Å². The molecular weight excluding hydrogens is 378 g/mol. The van der Waals surface area contributed by atoms with Crippen LogP contribution >= 0.6 is 11.8 Å². The third kappa shape index (κ3) is 4.44. The molecule has 0 aromatic heterocycles. The van der Waals surface area contributed by atoms with Crippen molar-refractivity contribution in [1.82, 2.24) is 0 Å². The Bertz CT molecular complexity index is 1070. The van der Waals surface area contributed by atoms with Crippen molar-refractivity contribution in [2.75, 3.05) is 14.2 Å². The zero-order chi connectivity index (χ0) is 20.1. The number of benzene rings is 3. The molecule has 0 atom stereocenters. The van der Waals surface area contributed by atoms with Crippen LogP contribution in [-0.4, -0.2) is 19.3 Å². The monoisotopic (exact) mass is 399 g/mol. The maximum atomic E-state index is 5.31. The van der Waals surface area contributed by atoms with Crippen LogP contribution in [0.5, 0.6) is 11.5 Å². The Morgan fingerprint density at radius 1 is 0.655 bits per heavy atom. The number of hydrogen-bond donors (Lipinski definition) is 0. The smallest absolute Gasteiger partial charge is 0.118 e. The van der Waals surface area contributed by atoms with Crippen LogP contribution in [0, 0.1) is 0 Å². The van der Waals surface area contributed by atoms with E-state index < -0.39 is 0 Å². The summed E-state index contributed by atoms with van der Waals surface area (Å²) in [6, 6.07) is 26.4. The molecule has 3 aromatic carbocycles. The van der Waals surface area contributed by atoms with Crippen LogP contribution in [0.2, 0.25) is 0 Å². The van der Waals surface area contributed by atoms with Gasteiger partial charge in [0.15, 0.2) is 0 Å². The first-order valence-corrected chi connectivity index (χ1v) is 10.1. The number of methoxy groups -OCH3 is 2. The summed E-state index contributed by atoms with van der Waals surface area (Å²) in [6.45, 7) is 0. The third-order valence-corrected chi connectivity index (χ3v) is 5.74. The third-order valence-electron chi connectivity index (χ3n) is 4.63. The number of aliphatic imine (C=N–C) groups is 1. The first kappa shape index (κ1) is 19.1. The molecule has 1 aliphatic heterocycles. The predicted octanol–water partition coefficient (Wildman–Crippen LogP) is 6.28. The van der Waals surface area contributed by atoms with E-state index in [9.17, 15) is 0 Å². The number of nitrogens with zero attached hydrogens (tertiary/aromatic N) is 1. The molecule has 1 aliphatic rings. The average molecular weight is 400 g/mol. The van der Waals surface area contributed by atoms with Gasteiger partial charge in [-0.1, -0.05) is 54.2 Å². The number of allylic oxidation sites excluding steroid dienone is 2. The molecule has 0 saturated carbocycles. The lowest BCUT2D eigenvalue weighted by atomic mass is 10.1. The molecule has 144 valence electrons. The van der Waals surface area contributed by atoms with Crippen LogP contribution in [0.3, 0.4) is 0 Å². The first-order chi connectivity index (χ1) is 14.3. The molecule has 3 nitrogen and oxygen atoms in total. The number of hydrogen-bond acceptors (Lipinski definition) is 4. The quantitative estimate of drug-likeness (QED) is 0.506. The van der Waals surface area contributed by atoms with Gasteiger partial charge in [0.25, 0.3) is 0 Å². The normalized spacial score (nSPS) is 13.7. The summed E-state index contributed by atoms with van der Waals surface area (Å²) in [5, 5.41) is 0.945. The highest BCUT2D eigenvalue weighted by Crippen LogP contribution is 2.37. The lowest BCUT2D eigenvalue weighted by molar-refractivity contribution is 0.414. The standard InChI is InChI=1S/C25H21NO2S/c1-27-22-12-8-19(9-13-22)24-16-21(18-6-4-3-5-7-18)17-26-25(29-24)20-10-14-23(28-2)15-11-20/h3-17H,1-2H3. The highest BCUT2D eigenvalue weighted by molar-refractivity contribution is 8.22. The van der Waals surface area contributed by atoms with Gasteiger partial charge in [-0.15, -0.1) is 0 Å². The molecule has 4 rings (SSSR count). The van der Waals surface area contributed by atoms with Crippen LogP contribution in [0.1, 0.15) is 16.7 Å². The molecular formula is C25H21NO2S. The summed E-state index contributed by atoms with van der Waals surface area (Å²) < 4.78 is 10.6. The summed E-state index contributed by atoms with van der Waals surface area (Å²) in [4.78, 5) is 5.95. The van der Waals surface area contributed by atoms with Crippen molar-refractivity contribution in [3.8, 4) is 11.5 Å². The maximum absolute atomic E-state index is 5.31. The topological polar surface area (TPSA) is 30.8 Å². The number of ether oxygens (including phenoxy) is 2. The lowest BCUT2D eigenvalue weighted by Crippen LogP contribution is -1.96. The predicted molar refractivity (Wildman–Crippen MR) is 123 cm³/mol. The van der Waals surface area contributed by atoms with Crippen molar-refractivity contribution in [3.63, 3.8) is 0 Å². The van der Waals surface area contributed by atoms with E-state index in [4.69, 9.17) is 14.5 Å². The minimum absolute atomic E-state index is 0.833. The van der Waals surface area contributed by atoms with Crippen LogP contribution in [-0.2, 0) is 0 Å². The molecule has 0 bridgehead atoms. The highest BCUT2D eigenvalue weighted by Gasteiger charge is 2.15. The van der Waals surface area contributed by atoms with Crippen LogP contribution in [0.25, 0.3) is 10.5 Å². The van der Waals surface area contributed by atoms with Crippen LogP contribution in [0.4, 0.5) is 0 Å². The summed E-state index contributed by atoms with van der Waals surface area (Å²) in [7, 11) is 3.35. The van der Waals surface area contributed by atoms with E-state index in [1.165, 1.54) is 0 Å². The van der Waals surface area contributed by atoms with E-state index in [0.29, 0.717) is 0 Å². The van der Waals surface area contributed by atoms with Crippen LogP contribution in [0.15, 0.2) is 96.1 Å². The Morgan fingerprint density at radius 2 is 1.24 bits per heavy atom. The van der Waals surface area contributed by atoms with Gasteiger partial charge in [0, 0.05) is 22.2 Å². The van der Waals surface area contributed by atoms with Gasteiger partial charge in [-0.3, -0.25) is 0 Å². The summed E-state index contributed by atoms with van der Waals surface area (Å²) >= 11 is 1.66. The molecule has 0 spiro atoms. The van der Waals surface area contributed by atoms with E-state index in [0.717, 1.165) is 43.7 Å². The zero-order valence-electron chi connectivity index (χ0n) is 16.3. The highest BCUT2D eigenvalue weighted by atomic mass is 32.2. The van der Waals surface area contributed by atoms with Gasteiger partial charge in [-0.2, -0.15) is 0 Å². The Hall–Kier alpha value is -3.24. The molecule has 0 fully saturated rings. The Balaban J connectivity index is 1.77. The van der Waals surface area contributed by atoms with Crippen molar-refractivity contribution in [2.24, 2.45) is 4.99 Å². The van der Waals surface area contributed by atoms with Crippen molar-refractivity contribution >= 4 is 27.3 Å². The van der Waals surface area contributed by atoms with Crippen molar-refractivity contribution in [3.05, 3.63) is 108 Å². The molecule has 0 saturated heterocycles. The van der Waals surface area contributed by atoms with Gasteiger partial charge >= 0.3 is 0 Å². The summed E-state index contributed by atoms with van der Waals surface area (Å²) in [5.41, 5.74) is 4.40. The van der Waals surface area contributed by atoms with Gasteiger partial charge in [-0.05, 0) is 53.6 Å². The molecule has 1 heterocycles. The fraction of sp³-hybridized carbons (Fsp3) is 0.0800.